The SMILES string of the molecule is CCCCCCCCC(O)c1ccc(I)cc1. The Balaban J connectivity index is 2.16. The maximum atomic E-state index is 10.0. The molecular formula is C15H23IO. The van der Waals surface area contributed by atoms with Crippen molar-refractivity contribution in [3.05, 3.63) is 33.4 Å². The van der Waals surface area contributed by atoms with E-state index in [2.05, 4.69) is 41.6 Å². The number of halogens is 1. The second-order valence-corrected chi connectivity index (χ2v) is 5.87. The Labute approximate surface area is 119 Å². The largest absolute Gasteiger partial charge is 0.388 e. The lowest BCUT2D eigenvalue weighted by Crippen LogP contribution is -1.97. The molecule has 0 heterocycles. The number of benzene rings is 1. The van der Waals surface area contributed by atoms with Crippen LogP contribution >= 0.6 is 22.6 Å². The number of aliphatic hydroxyl groups is 1. The van der Waals surface area contributed by atoms with Crippen LogP contribution in [0.2, 0.25) is 0 Å². The third-order valence-corrected chi connectivity index (χ3v) is 3.81. The number of rotatable bonds is 8. The molecule has 1 atom stereocenters. The summed E-state index contributed by atoms with van der Waals surface area (Å²) in [5.41, 5.74) is 1.05. The molecule has 0 bridgehead atoms. The lowest BCUT2D eigenvalue weighted by atomic mass is 10.0. The Kier molecular flexibility index (Phi) is 7.86. The van der Waals surface area contributed by atoms with Gasteiger partial charge in [0.25, 0.3) is 0 Å². The normalized spacial score (nSPS) is 12.6. The van der Waals surface area contributed by atoms with Gasteiger partial charge in [-0.2, -0.15) is 0 Å². The van der Waals surface area contributed by atoms with Crippen molar-refractivity contribution in [3.63, 3.8) is 0 Å². The summed E-state index contributed by atoms with van der Waals surface area (Å²) in [6, 6.07) is 8.17. The van der Waals surface area contributed by atoms with Gasteiger partial charge in [0.05, 0.1) is 6.10 Å². The topological polar surface area (TPSA) is 20.2 Å². The van der Waals surface area contributed by atoms with Gasteiger partial charge in [-0.05, 0) is 46.7 Å². The molecule has 0 aromatic heterocycles. The van der Waals surface area contributed by atoms with Gasteiger partial charge < -0.3 is 5.11 Å². The van der Waals surface area contributed by atoms with E-state index in [-0.39, 0.29) is 6.10 Å². The van der Waals surface area contributed by atoms with Crippen LogP contribution in [0.4, 0.5) is 0 Å². The highest BCUT2D eigenvalue weighted by molar-refractivity contribution is 14.1. The summed E-state index contributed by atoms with van der Waals surface area (Å²) in [6.07, 6.45) is 8.30. The van der Waals surface area contributed by atoms with Crippen molar-refractivity contribution in [2.45, 2.75) is 58.0 Å². The molecule has 0 aliphatic heterocycles. The first-order chi connectivity index (χ1) is 8.24. The van der Waals surface area contributed by atoms with Gasteiger partial charge >= 0.3 is 0 Å². The van der Waals surface area contributed by atoms with E-state index in [1.807, 2.05) is 12.1 Å². The molecule has 1 unspecified atom stereocenters. The first kappa shape index (κ1) is 15.0. The van der Waals surface area contributed by atoms with Crippen LogP contribution in [0.1, 0.15) is 63.5 Å². The Morgan fingerprint density at radius 2 is 1.59 bits per heavy atom. The van der Waals surface area contributed by atoms with Crippen molar-refractivity contribution in [2.24, 2.45) is 0 Å². The van der Waals surface area contributed by atoms with Crippen LogP contribution in [0.3, 0.4) is 0 Å². The summed E-state index contributed by atoms with van der Waals surface area (Å²) in [4.78, 5) is 0. The second-order valence-electron chi connectivity index (χ2n) is 4.62. The smallest absolute Gasteiger partial charge is 0.0790 e. The molecule has 1 aromatic carbocycles. The van der Waals surface area contributed by atoms with Gasteiger partial charge in [-0.15, -0.1) is 0 Å². The minimum absolute atomic E-state index is 0.279. The highest BCUT2D eigenvalue weighted by Crippen LogP contribution is 2.21. The zero-order valence-electron chi connectivity index (χ0n) is 10.7. The Morgan fingerprint density at radius 1 is 1.00 bits per heavy atom. The fourth-order valence-corrected chi connectivity index (χ4v) is 2.33. The zero-order chi connectivity index (χ0) is 12.5. The predicted molar refractivity (Wildman–Crippen MR) is 82.1 cm³/mol. The van der Waals surface area contributed by atoms with Crippen molar-refractivity contribution < 1.29 is 5.11 Å². The van der Waals surface area contributed by atoms with E-state index in [0.717, 1.165) is 18.4 Å². The average Bonchev–Trinajstić information content (AvgIpc) is 2.34. The summed E-state index contributed by atoms with van der Waals surface area (Å²) < 4.78 is 1.22. The highest BCUT2D eigenvalue weighted by Gasteiger charge is 2.06. The molecule has 0 aliphatic carbocycles. The molecule has 0 radical (unpaired) electrons. The van der Waals surface area contributed by atoms with Crippen LogP contribution in [-0.4, -0.2) is 5.11 Å². The maximum absolute atomic E-state index is 10.0. The van der Waals surface area contributed by atoms with Crippen molar-refractivity contribution in [1.29, 1.82) is 0 Å². The first-order valence-electron chi connectivity index (χ1n) is 6.67. The fraction of sp³-hybridized carbons (Fsp3) is 0.600. The average molecular weight is 346 g/mol. The molecule has 1 rings (SSSR count). The second kappa shape index (κ2) is 8.92. The minimum Gasteiger partial charge on any atom is -0.388 e. The molecule has 1 aromatic rings. The third kappa shape index (κ3) is 6.41. The summed E-state index contributed by atoms with van der Waals surface area (Å²) in [6.45, 7) is 2.24. The molecule has 96 valence electrons. The van der Waals surface area contributed by atoms with E-state index in [4.69, 9.17) is 0 Å². The van der Waals surface area contributed by atoms with Gasteiger partial charge in [-0.3, -0.25) is 0 Å². The van der Waals surface area contributed by atoms with Gasteiger partial charge in [-0.25, -0.2) is 0 Å². The summed E-state index contributed by atoms with van der Waals surface area (Å²) in [5.74, 6) is 0. The standard InChI is InChI=1S/C15H23IO/c1-2-3-4-5-6-7-8-15(17)13-9-11-14(16)12-10-13/h9-12,15,17H,2-8H2,1H3. The summed E-state index contributed by atoms with van der Waals surface area (Å²) >= 11 is 2.29. The van der Waals surface area contributed by atoms with Gasteiger partial charge in [0, 0.05) is 3.57 Å². The zero-order valence-corrected chi connectivity index (χ0v) is 12.8. The number of hydrogen-bond donors (Lipinski definition) is 1. The van der Waals surface area contributed by atoms with E-state index < -0.39 is 0 Å². The van der Waals surface area contributed by atoms with Crippen molar-refractivity contribution in [3.8, 4) is 0 Å². The number of aliphatic hydroxyl groups excluding tert-OH is 1. The van der Waals surface area contributed by atoms with Crippen LogP contribution < -0.4 is 0 Å². The molecule has 17 heavy (non-hydrogen) atoms. The maximum Gasteiger partial charge on any atom is 0.0790 e. The molecule has 0 saturated carbocycles. The molecule has 2 heteroatoms. The Morgan fingerprint density at radius 3 is 2.24 bits per heavy atom. The quantitative estimate of drug-likeness (QED) is 0.514. The molecule has 0 aliphatic rings. The molecular weight excluding hydrogens is 323 g/mol. The molecule has 1 N–H and O–H groups in total. The Bertz CT molecular complexity index is 294. The fourth-order valence-electron chi connectivity index (χ4n) is 1.97. The van der Waals surface area contributed by atoms with Crippen LogP contribution in [0, 0.1) is 3.57 Å². The molecule has 0 saturated heterocycles. The first-order valence-corrected chi connectivity index (χ1v) is 7.75. The molecule has 0 spiro atoms. The van der Waals surface area contributed by atoms with E-state index in [1.54, 1.807) is 0 Å². The monoisotopic (exact) mass is 346 g/mol. The third-order valence-electron chi connectivity index (χ3n) is 3.09. The van der Waals surface area contributed by atoms with Crippen molar-refractivity contribution >= 4 is 22.6 Å². The number of hydrogen-bond acceptors (Lipinski definition) is 1. The van der Waals surface area contributed by atoms with Gasteiger partial charge in [-0.1, -0.05) is 57.6 Å². The van der Waals surface area contributed by atoms with E-state index in [9.17, 15) is 5.11 Å². The van der Waals surface area contributed by atoms with E-state index in [0.29, 0.717) is 0 Å². The van der Waals surface area contributed by atoms with E-state index in [1.165, 1.54) is 35.7 Å². The van der Waals surface area contributed by atoms with Gasteiger partial charge in [0.15, 0.2) is 0 Å². The van der Waals surface area contributed by atoms with Crippen LogP contribution in [0.15, 0.2) is 24.3 Å². The number of unbranched alkanes of at least 4 members (excludes halogenated alkanes) is 5. The lowest BCUT2D eigenvalue weighted by molar-refractivity contribution is 0.163. The Hall–Kier alpha value is -0.0900. The summed E-state index contributed by atoms with van der Waals surface area (Å²) in [7, 11) is 0. The molecule has 0 fully saturated rings. The van der Waals surface area contributed by atoms with Crippen LogP contribution in [0.5, 0.6) is 0 Å². The highest BCUT2D eigenvalue weighted by atomic mass is 127. The van der Waals surface area contributed by atoms with Crippen LogP contribution in [-0.2, 0) is 0 Å². The van der Waals surface area contributed by atoms with Gasteiger partial charge in [0.2, 0.25) is 0 Å². The lowest BCUT2D eigenvalue weighted by Gasteiger charge is -2.10. The van der Waals surface area contributed by atoms with Crippen molar-refractivity contribution in [2.75, 3.05) is 0 Å². The molecule has 0 amide bonds. The van der Waals surface area contributed by atoms with Gasteiger partial charge in [0.1, 0.15) is 0 Å². The minimum atomic E-state index is -0.279. The van der Waals surface area contributed by atoms with Crippen LogP contribution in [0.25, 0.3) is 0 Å². The van der Waals surface area contributed by atoms with E-state index >= 15 is 0 Å². The predicted octanol–water partition coefficient (Wildman–Crippen LogP) is 5.08. The molecule has 1 nitrogen and oxygen atoms in total. The van der Waals surface area contributed by atoms with Crippen molar-refractivity contribution in [1.82, 2.24) is 0 Å². The summed E-state index contributed by atoms with van der Waals surface area (Å²) in [5, 5.41) is 10.0.